The minimum atomic E-state index is -0.327. The molecule has 0 radical (unpaired) electrons. The number of ether oxygens (including phenoxy) is 1. The second-order valence-corrected chi connectivity index (χ2v) is 7.44. The number of aryl methyl sites for hydroxylation is 1. The Morgan fingerprint density at radius 3 is 2.64 bits per heavy atom. The lowest BCUT2D eigenvalue weighted by atomic mass is 10.1. The largest absolute Gasteiger partial charge is 0.488 e. The van der Waals surface area contributed by atoms with Gasteiger partial charge in [0.2, 0.25) is 0 Å². The number of hydrogen-bond donors (Lipinski definition) is 1. The lowest BCUT2D eigenvalue weighted by Gasteiger charge is -2.09. The third-order valence-corrected chi connectivity index (χ3v) is 4.97. The van der Waals surface area contributed by atoms with Crippen molar-refractivity contribution in [1.82, 2.24) is 5.43 Å². The van der Waals surface area contributed by atoms with Crippen molar-refractivity contribution in [3.8, 4) is 5.75 Å². The van der Waals surface area contributed by atoms with E-state index in [1.807, 2.05) is 55.5 Å². The molecule has 0 bridgehead atoms. The molecule has 0 atom stereocenters. The van der Waals surface area contributed by atoms with Gasteiger partial charge in [-0.2, -0.15) is 5.10 Å². The Morgan fingerprint density at radius 2 is 1.89 bits per heavy atom. The maximum absolute atomic E-state index is 12.2. The number of hydrogen-bond acceptors (Lipinski definition) is 3. The van der Waals surface area contributed by atoms with E-state index in [4.69, 9.17) is 16.3 Å². The van der Waals surface area contributed by atoms with Crippen LogP contribution in [0.25, 0.3) is 0 Å². The molecule has 4 nitrogen and oxygen atoms in total. The maximum Gasteiger partial charge on any atom is 0.271 e. The van der Waals surface area contributed by atoms with Gasteiger partial charge in [-0.1, -0.05) is 57.9 Å². The topological polar surface area (TPSA) is 50.7 Å². The number of hydrazone groups is 1. The van der Waals surface area contributed by atoms with Crippen molar-refractivity contribution in [2.75, 3.05) is 0 Å². The van der Waals surface area contributed by atoms with Gasteiger partial charge in [-0.15, -0.1) is 0 Å². The van der Waals surface area contributed by atoms with Gasteiger partial charge in [-0.25, -0.2) is 5.43 Å². The number of amides is 1. The van der Waals surface area contributed by atoms with E-state index in [0.29, 0.717) is 22.9 Å². The summed E-state index contributed by atoms with van der Waals surface area (Å²) in [6.07, 6.45) is 1.56. The average Bonchev–Trinajstić information content (AvgIpc) is 2.70. The van der Waals surface area contributed by atoms with E-state index < -0.39 is 0 Å². The molecule has 6 heteroatoms. The number of nitrogens with one attached hydrogen (secondary N) is 1. The van der Waals surface area contributed by atoms with Crippen LogP contribution < -0.4 is 10.2 Å². The lowest BCUT2D eigenvalue weighted by molar-refractivity contribution is 0.0955. The van der Waals surface area contributed by atoms with Crippen molar-refractivity contribution in [1.29, 1.82) is 0 Å². The molecule has 3 rings (SSSR count). The monoisotopic (exact) mass is 456 g/mol. The fourth-order valence-electron chi connectivity index (χ4n) is 2.42. The molecule has 28 heavy (non-hydrogen) atoms. The van der Waals surface area contributed by atoms with Crippen LogP contribution in [0.1, 0.15) is 27.0 Å². The van der Waals surface area contributed by atoms with E-state index in [9.17, 15) is 4.79 Å². The Balaban J connectivity index is 1.64. The van der Waals surface area contributed by atoms with Gasteiger partial charge in [0.15, 0.2) is 0 Å². The van der Waals surface area contributed by atoms with Crippen molar-refractivity contribution >= 4 is 39.7 Å². The van der Waals surface area contributed by atoms with E-state index in [-0.39, 0.29) is 5.91 Å². The van der Waals surface area contributed by atoms with Crippen LogP contribution in [0.5, 0.6) is 5.75 Å². The normalized spacial score (nSPS) is 10.8. The molecule has 142 valence electrons. The number of carbonyl (C=O) groups excluding carboxylic acids is 1. The molecule has 0 saturated heterocycles. The summed E-state index contributed by atoms with van der Waals surface area (Å²) < 4.78 is 6.92. The van der Waals surface area contributed by atoms with Crippen LogP contribution in [-0.4, -0.2) is 12.1 Å². The molecule has 0 aromatic heterocycles. The van der Waals surface area contributed by atoms with Gasteiger partial charge in [0, 0.05) is 20.6 Å². The van der Waals surface area contributed by atoms with Gasteiger partial charge >= 0.3 is 0 Å². The molecule has 0 heterocycles. The van der Waals surface area contributed by atoms with Gasteiger partial charge in [-0.3, -0.25) is 4.79 Å². The van der Waals surface area contributed by atoms with E-state index in [1.54, 1.807) is 24.4 Å². The number of halogens is 2. The number of benzene rings is 3. The maximum atomic E-state index is 12.2. The highest BCUT2D eigenvalue weighted by Gasteiger charge is 2.07. The Morgan fingerprint density at radius 1 is 1.14 bits per heavy atom. The van der Waals surface area contributed by atoms with Crippen LogP contribution in [0.15, 0.2) is 76.3 Å². The minimum Gasteiger partial charge on any atom is -0.488 e. The zero-order chi connectivity index (χ0) is 19.9. The highest BCUT2D eigenvalue weighted by Crippen LogP contribution is 2.19. The van der Waals surface area contributed by atoms with Gasteiger partial charge in [-0.05, 0) is 54.4 Å². The molecule has 0 aliphatic carbocycles. The zero-order valence-corrected chi connectivity index (χ0v) is 17.5. The third-order valence-electron chi connectivity index (χ3n) is 4.03. The Labute approximate surface area is 177 Å². The van der Waals surface area contributed by atoms with E-state index in [2.05, 4.69) is 26.5 Å². The summed E-state index contributed by atoms with van der Waals surface area (Å²) in [6, 6.07) is 20.6. The van der Waals surface area contributed by atoms with Gasteiger partial charge < -0.3 is 4.74 Å². The van der Waals surface area contributed by atoms with Crippen molar-refractivity contribution < 1.29 is 9.53 Å². The third kappa shape index (κ3) is 5.44. The molecule has 0 spiro atoms. The Kier molecular flexibility index (Phi) is 6.85. The quantitative estimate of drug-likeness (QED) is 0.378. The molecule has 0 unspecified atom stereocenters. The smallest absolute Gasteiger partial charge is 0.271 e. The van der Waals surface area contributed by atoms with Gasteiger partial charge in [0.25, 0.3) is 5.91 Å². The molecule has 0 saturated carbocycles. The van der Waals surface area contributed by atoms with Crippen molar-refractivity contribution in [3.63, 3.8) is 0 Å². The second-order valence-electron chi connectivity index (χ2n) is 6.12. The summed E-state index contributed by atoms with van der Waals surface area (Å²) in [5.41, 5.74) is 5.70. The van der Waals surface area contributed by atoms with Gasteiger partial charge in [0.1, 0.15) is 12.4 Å². The number of carbonyl (C=O) groups is 1. The lowest BCUT2D eigenvalue weighted by Crippen LogP contribution is -2.17. The Bertz CT molecular complexity index is 1000. The standard InChI is InChI=1S/C22H18BrClN2O2/c1-15-6-9-17(12-20(15)24)22(27)26-25-13-18-4-2-3-5-21(18)28-14-16-7-10-19(23)11-8-16/h2-13H,14H2,1H3,(H,26,27)/b25-13-. The van der Waals surface area contributed by atoms with Crippen LogP contribution in [-0.2, 0) is 6.61 Å². The fourth-order valence-corrected chi connectivity index (χ4v) is 2.86. The second kappa shape index (κ2) is 9.53. The van der Waals surface area contributed by atoms with Crippen LogP contribution in [0, 0.1) is 6.92 Å². The molecule has 3 aromatic carbocycles. The summed E-state index contributed by atoms with van der Waals surface area (Å²) >= 11 is 9.48. The number of rotatable bonds is 6. The predicted molar refractivity (Wildman–Crippen MR) is 116 cm³/mol. The summed E-state index contributed by atoms with van der Waals surface area (Å²) in [7, 11) is 0. The van der Waals surface area contributed by atoms with Crippen LogP contribution in [0.4, 0.5) is 0 Å². The van der Waals surface area contributed by atoms with Crippen molar-refractivity contribution in [3.05, 3.63) is 98.5 Å². The number of para-hydroxylation sites is 1. The van der Waals surface area contributed by atoms with Crippen LogP contribution in [0.2, 0.25) is 5.02 Å². The van der Waals surface area contributed by atoms with E-state index in [1.165, 1.54) is 0 Å². The van der Waals surface area contributed by atoms with Crippen LogP contribution >= 0.6 is 27.5 Å². The summed E-state index contributed by atoms with van der Waals surface area (Å²) in [5, 5.41) is 4.59. The molecule has 1 N–H and O–H groups in total. The average molecular weight is 458 g/mol. The summed E-state index contributed by atoms with van der Waals surface area (Å²) in [6.45, 7) is 2.32. The molecule has 3 aromatic rings. The molecule has 1 amide bonds. The zero-order valence-electron chi connectivity index (χ0n) is 15.2. The molecule has 0 aliphatic heterocycles. The first-order chi connectivity index (χ1) is 13.5. The molecular formula is C22H18BrClN2O2. The molecular weight excluding hydrogens is 440 g/mol. The molecule has 0 aliphatic rings. The number of nitrogens with zero attached hydrogens (tertiary/aromatic N) is 1. The summed E-state index contributed by atoms with van der Waals surface area (Å²) in [4.78, 5) is 12.2. The minimum absolute atomic E-state index is 0.327. The van der Waals surface area contributed by atoms with E-state index >= 15 is 0 Å². The van der Waals surface area contributed by atoms with Crippen LogP contribution in [0.3, 0.4) is 0 Å². The Hall–Kier alpha value is -2.63. The fraction of sp³-hybridized carbons (Fsp3) is 0.0909. The first kappa shape index (κ1) is 20.1. The highest BCUT2D eigenvalue weighted by atomic mass is 79.9. The highest BCUT2D eigenvalue weighted by molar-refractivity contribution is 9.10. The first-order valence-corrected chi connectivity index (χ1v) is 9.76. The molecule has 0 fully saturated rings. The summed E-state index contributed by atoms with van der Waals surface area (Å²) in [5.74, 6) is 0.355. The predicted octanol–water partition coefficient (Wildman–Crippen LogP) is 5.75. The van der Waals surface area contributed by atoms with Gasteiger partial charge in [0.05, 0.1) is 6.21 Å². The van der Waals surface area contributed by atoms with E-state index in [0.717, 1.165) is 21.2 Å². The van der Waals surface area contributed by atoms with Crippen molar-refractivity contribution in [2.24, 2.45) is 5.10 Å². The first-order valence-electron chi connectivity index (χ1n) is 8.59. The SMILES string of the molecule is Cc1ccc(C(=O)N/N=C\c2ccccc2OCc2ccc(Br)cc2)cc1Cl. The van der Waals surface area contributed by atoms with Crippen molar-refractivity contribution in [2.45, 2.75) is 13.5 Å².